The van der Waals surface area contributed by atoms with Crippen molar-refractivity contribution in [1.29, 1.82) is 0 Å². The van der Waals surface area contributed by atoms with E-state index in [4.69, 9.17) is 9.47 Å². The predicted octanol–water partition coefficient (Wildman–Crippen LogP) is 3.11. The second-order valence-corrected chi connectivity index (χ2v) is 7.40. The number of rotatable bonds is 5. The molecule has 134 valence electrons. The maximum atomic E-state index is 12.5. The molecular weight excluding hydrogens is 354 g/mol. The summed E-state index contributed by atoms with van der Waals surface area (Å²) in [5.74, 6) is 0.581. The molecule has 1 aliphatic heterocycles. The Kier molecular flexibility index (Phi) is 4.56. The average molecular weight is 371 g/mol. The Morgan fingerprint density at radius 1 is 1.08 bits per heavy atom. The molecule has 0 saturated heterocycles. The zero-order valence-electron chi connectivity index (χ0n) is 14.3. The van der Waals surface area contributed by atoms with Crippen molar-refractivity contribution < 1.29 is 22.7 Å². The number of carbonyl (C=O) groups excluding carboxylic acids is 1. The summed E-state index contributed by atoms with van der Waals surface area (Å²) in [6, 6.07) is 9.74. The van der Waals surface area contributed by atoms with Crippen LogP contribution in [-0.4, -0.2) is 28.5 Å². The second kappa shape index (κ2) is 6.68. The summed E-state index contributed by atoms with van der Waals surface area (Å²) in [5, 5.41) is 3.81. The molecule has 1 amide bonds. The summed E-state index contributed by atoms with van der Waals surface area (Å²) in [6.07, 6.45) is 1.53. The van der Waals surface area contributed by atoms with Crippen molar-refractivity contribution in [2.24, 2.45) is 0 Å². The molecule has 1 heterocycles. The van der Waals surface area contributed by atoms with Gasteiger partial charge in [-0.1, -0.05) is 12.6 Å². The van der Waals surface area contributed by atoms with Crippen LogP contribution in [0.2, 0.25) is 0 Å². The fourth-order valence-electron chi connectivity index (χ4n) is 2.61. The Morgan fingerprint density at radius 3 is 2.54 bits per heavy atom. The van der Waals surface area contributed by atoms with Crippen LogP contribution < -0.4 is 14.8 Å². The van der Waals surface area contributed by atoms with E-state index in [0.29, 0.717) is 28.3 Å². The minimum atomic E-state index is -3.44. The number of hydrogen-bond donors (Lipinski definition) is 1. The van der Waals surface area contributed by atoms with Crippen molar-refractivity contribution >= 4 is 33.1 Å². The van der Waals surface area contributed by atoms with E-state index in [1.54, 1.807) is 30.3 Å². The maximum absolute atomic E-state index is 12.5. The van der Waals surface area contributed by atoms with Crippen LogP contribution in [0.1, 0.15) is 11.1 Å². The van der Waals surface area contributed by atoms with E-state index in [2.05, 4.69) is 11.9 Å². The van der Waals surface area contributed by atoms with E-state index >= 15 is 0 Å². The zero-order valence-corrected chi connectivity index (χ0v) is 15.1. The smallest absolute Gasteiger partial charge is 0.255 e. The van der Waals surface area contributed by atoms with E-state index in [9.17, 15) is 13.2 Å². The molecule has 0 aliphatic carbocycles. The van der Waals surface area contributed by atoms with Gasteiger partial charge >= 0.3 is 0 Å². The molecule has 3 rings (SSSR count). The molecule has 0 unspecified atom stereocenters. The van der Waals surface area contributed by atoms with Gasteiger partial charge in [-0.2, -0.15) is 0 Å². The van der Waals surface area contributed by atoms with E-state index in [-0.39, 0.29) is 10.5 Å². The van der Waals surface area contributed by atoms with Crippen molar-refractivity contribution in [2.75, 3.05) is 19.5 Å². The van der Waals surface area contributed by atoms with Gasteiger partial charge in [0.1, 0.15) is 11.5 Å². The van der Waals surface area contributed by atoms with Crippen LogP contribution >= 0.6 is 0 Å². The van der Waals surface area contributed by atoms with Gasteiger partial charge in [0.2, 0.25) is 9.84 Å². The van der Waals surface area contributed by atoms with Crippen molar-refractivity contribution in [3.8, 4) is 11.5 Å². The third kappa shape index (κ3) is 3.21. The molecule has 0 atom stereocenters. The van der Waals surface area contributed by atoms with Gasteiger partial charge in [-0.3, -0.25) is 4.79 Å². The number of methoxy groups -OCH3 is 2. The van der Waals surface area contributed by atoms with Crippen molar-refractivity contribution in [2.45, 2.75) is 4.90 Å². The van der Waals surface area contributed by atoms with E-state index in [1.807, 2.05) is 0 Å². The monoisotopic (exact) mass is 371 g/mol. The quantitative estimate of drug-likeness (QED) is 0.817. The number of benzene rings is 2. The first-order valence-electron chi connectivity index (χ1n) is 7.65. The molecule has 6 nitrogen and oxygen atoms in total. The zero-order chi connectivity index (χ0) is 18.9. The van der Waals surface area contributed by atoms with Gasteiger partial charge in [0.25, 0.3) is 5.91 Å². The van der Waals surface area contributed by atoms with Crippen molar-refractivity contribution in [1.82, 2.24) is 0 Å². The lowest BCUT2D eigenvalue weighted by Crippen LogP contribution is -2.14. The molecule has 1 N–H and O–H groups in total. The lowest BCUT2D eigenvalue weighted by molar-refractivity contribution is -0.111. The summed E-state index contributed by atoms with van der Waals surface area (Å²) in [7, 11) is -0.420. The van der Waals surface area contributed by atoms with Gasteiger partial charge in [-0.15, -0.1) is 0 Å². The largest absolute Gasteiger partial charge is 0.497 e. The molecule has 0 spiro atoms. The Balaban J connectivity index is 1.84. The molecule has 1 aliphatic rings. The number of carbonyl (C=O) groups is 1. The van der Waals surface area contributed by atoms with E-state index in [0.717, 1.165) is 5.41 Å². The Bertz CT molecular complexity index is 1040. The van der Waals surface area contributed by atoms with Gasteiger partial charge in [0, 0.05) is 28.3 Å². The highest BCUT2D eigenvalue weighted by Crippen LogP contribution is 2.32. The highest BCUT2D eigenvalue weighted by molar-refractivity contribution is 7.94. The van der Waals surface area contributed by atoms with Gasteiger partial charge < -0.3 is 14.8 Å². The van der Waals surface area contributed by atoms with Gasteiger partial charge in [-0.25, -0.2) is 8.42 Å². The normalized spacial score (nSPS) is 13.8. The molecule has 0 fully saturated rings. The third-order valence-electron chi connectivity index (χ3n) is 4.01. The number of hydrogen-bond acceptors (Lipinski definition) is 5. The summed E-state index contributed by atoms with van der Waals surface area (Å²) >= 11 is 0. The Labute approximate surface area is 151 Å². The topological polar surface area (TPSA) is 81.7 Å². The number of ether oxygens (including phenoxy) is 2. The first-order chi connectivity index (χ1) is 12.4. The van der Waals surface area contributed by atoms with Crippen LogP contribution in [-0.2, 0) is 14.6 Å². The molecule has 0 saturated carbocycles. The Hall–Kier alpha value is -3.06. The minimum absolute atomic E-state index is 0.169. The number of fused-ring (bicyclic) bond motifs is 1. The van der Waals surface area contributed by atoms with Crippen molar-refractivity contribution in [3.05, 3.63) is 59.5 Å². The standard InChI is InChI=1S/C19H17NO5S/c1-12(16-7-6-15(24-2)11-17(16)25-3)19(21)20-14-5-4-13-8-9-26(22,23)18(13)10-14/h4-11H,1H2,2-3H3,(H,20,21). The fraction of sp³-hybridized carbons (Fsp3) is 0.105. The van der Waals surface area contributed by atoms with Gasteiger partial charge in [0.15, 0.2) is 0 Å². The molecular formula is C19H17NO5S. The van der Waals surface area contributed by atoms with Crippen molar-refractivity contribution in [3.63, 3.8) is 0 Å². The molecule has 0 aromatic heterocycles. The first kappa shape index (κ1) is 17.8. The molecule has 2 aromatic carbocycles. The SMILES string of the molecule is C=C(C(=O)Nc1ccc2c(c1)S(=O)(=O)C=C2)c1ccc(OC)cc1OC. The summed E-state index contributed by atoms with van der Waals surface area (Å²) in [4.78, 5) is 12.7. The molecule has 0 bridgehead atoms. The first-order valence-corrected chi connectivity index (χ1v) is 9.20. The van der Waals surface area contributed by atoms with Gasteiger partial charge in [0.05, 0.1) is 19.1 Å². The van der Waals surface area contributed by atoms with Crippen LogP contribution in [0.5, 0.6) is 11.5 Å². The third-order valence-corrected chi connectivity index (χ3v) is 5.47. The minimum Gasteiger partial charge on any atom is -0.497 e. The predicted molar refractivity (Wildman–Crippen MR) is 99.9 cm³/mol. The summed E-state index contributed by atoms with van der Waals surface area (Å²) in [5.41, 5.74) is 1.67. The fourth-order valence-corrected chi connectivity index (χ4v) is 3.84. The van der Waals surface area contributed by atoms with E-state index in [1.165, 1.54) is 26.4 Å². The Morgan fingerprint density at radius 2 is 1.85 bits per heavy atom. The highest BCUT2D eigenvalue weighted by Gasteiger charge is 2.22. The second-order valence-electron chi connectivity index (χ2n) is 5.60. The van der Waals surface area contributed by atoms with Gasteiger partial charge in [-0.05, 0) is 35.9 Å². The van der Waals surface area contributed by atoms with E-state index < -0.39 is 15.7 Å². The number of anilines is 1. The number of amides is 1. The number of nitrogens with one attached hydrogen (secondary N) is 1. The lowest BCUT2D eigenvalue weighted by Gasteiger charge is -2.13. The van der Waals surface area contributed by atoms with Crippen LogP contribution in [0.25, 0.3) is 11.6 Å². The average Bonchev–Trinajstić information content (AvgIpc) is 2.95. The number of sulfone groups is 1. The van der Waals surface area contributed by atoms with Crippen LogP contribution in [0, 0.1) is 0 Å². The molecule has 7 heteroatoms. The summed E-state index contributed by atoms with van der Waals surface area (Å²) in [6.45, 7) is 3.82. The molecule has 2 aromatic rings. The molecule has 26 heavy (non-hydrogen) atoms. The van der Waals surface area contributed by atoms with Crippen LogP contribution in [0.3, 0.4) is 0 Å². The maximum Gasteiger partial charge on any atom is 0.255 e. The molecule has 0 radical (unpaired) electrons. The van der Waals surface area contributed by atoms with Crippen LogP contribution in [0.15, 0.2) is 53.3 Å². The highest BCUT2D eigenvalue weighted by atomic mass is 32.2. The summed E-state index contributed by atoms with van der Waals surface area (Å²) < 4.78 is 34.3. The van der Waals surface area contributed by atoms with Crippen LogP contribution in [0.4, 0.5) is 5.69 Å². The lowest BCUT2D eigenvalue weighted by atomic mass is 10.0.